The van der Waals surface area contributed by atoms with Gasteiger partial charge in [0, 0.05) is 12.6 Å². The zero-order chi connectivity index (χ0) is 15.2. The van der Waals surface area contributed by atoms with E-state index >= 15 is 0 Å². The highest BCUT2D eigenvalue weighted by molar-refractivity contribution is 6.08. The van der Waals surface area contributed by atoms with Crippen LogP contribution in [0.2, 0.25) is 0 Å². The van der Waals surface area contributed by atoms with Crippen LogP contribution < -0.4 is 5.32 Å². The van der Waals surface area contributed by atoms with Crippen LogP contribution in [-0.4, -0.2) is 6.04 Å². The molecule has 3 unspecified atom stereocenters. The van der Waals surface area contributed by atoms with Gasteiger partial charge in [-0.05, 0) is 64.3 Å². The van der Waals surface area contributed by atoms with Crippen molar-refractivity contribution in [2.45, 2.75) is 38.3 Å². The number of nitrogens with one attached hydrogen (secondary N) is 1. The fourth-order valence-corrected chi connectivity index (χ4v) is 5.01. The average molecular weight is 301 g/mol. The zero-order valence-corrected chi connectivity index (χ0v) is 13.5. The Balaban J connectivity index is 1.52. The molecule has 0 amide bonds. The third-order valence-electron chi connectivity index (χ3n) is 6.15. The summed E-state index contributed by atoms with van der Waals surface area (Å²) >= 11 is 0. The molecule has 2 saturated carbocycles. The molecule has 2 aliphatic rings. The molecule has 2 fully saturated rings. The van der Waals surface area contributed by atoms with Crippen LogP contribution >= 0.6 is 0 Å². The summed E-state index contributed by atoms with van der Waals surface area (Å²) in [5, 5.41) is 9.40. The highest BCUT2D eigenvalue weighted by atomic mass is 14.9. The molecule has 3 aromatic carbocycles. The van der Waals surface area contributed by atoms with E-state index in [0.717, 1.165) is 24.4 Å². The van der Waals surface area contributed by atoms with Crippen molar-refractivity contribution in [1.29, 1.82) is 0 Å². The first-order valence-electron chi connectivity index (χ1n) is 9.01. The predicted molar refractivity (Wildman–Crippen MR) is 97.5 cm³/mol. The molecule has 5 rings (SSSR count). The molecule has 0 aliphatic heterocycles. The van der Waals surface area contributed by atoms with Crippen LogP contribution in [-0.2, 0) is 6.54 Å². The maximum absolute atomic E-state index is 3.89. The molecule has 2 bridgehead atoms. The Hall–Kier alpha value is -1.86. The summed E-state index contributed by atoms with van der Waals surface area (Å²) in [6, 6.07) is 20.8. The van der Waals surface area contributed by atoms with Crippen LogP contribution in [0.4, 0.5) is 0 Å². The minimum absolute atomic E-state index is 0.749. The Labute approximate surface area is 137 Å². The van der Waals surface area contributed by atoms with Gasteiger partial charge in [-0.25, -0.2) is 0 Å². The van der Waals surface area contributed by atoms with Gasteiger partial charge in [-0.1, -0.05) is 55.0 Å². The lowest BCUT2D eigenvalue weighted by atomic mass is 9.94. The van der Waals surface area contributed by atoms with E-state index in [0.29, 0.717) is 0 Å². The minimum atomic E-state index is 0.749. The molecular weight excluding hydrogens is 278 g/mol. The van der Waals surface area contributed by atoms with Crippen molar-refractivity contribution in [3.05, 3.63) is 60.2 Å². The number of rotatable bonds is 3. The van der Waals surface area contributed by atoms with Crippen LogP contribution in [0.25, 0.3) is 21.5 Å². The van der Waals surface area contributed by atoms with Crippen molar-refractivity contribution < 1.29 is 0 Å². The van der Waals surface area contributed by atoms with Crippen molar-refractivity contribution >= 4 is 21.5 Å². The second-order valence-corrected chi connectivity index (χ2v) is 7.46. The van der Waals surface area contributed by atoms with Gasteiger partial charge in [0.15, 0.2) is 0 Å². The second-order valence-electron chi connectivity index (χ2n) is 7.46. The highest BCUT2D eigenvalue weighted by Crippen LogP contribution is 2.44. The first-order chi connectivity index (χ1) is 11.4. The smallest absolute Gasteiger partial charge is 0.0214 e. The molecule has 2 aliphatic carbocycles. The number of benzene rings is 3. The van der Waals surface area contributed by atoms with E-state index in [1.807, 2.05) is 0 Å². The lowest BCUT2D eigenvalue weighted by molar-refractivity contribution is 0.351. The Kier molecular flexibility index (Phi) is 3.16. The van der Waals surface area contributed by atoms with Crippen LogP contribution in [0.3, 0.4) is 0 Å². The van der Waals surface area contributed by atoms with Crippen molar-refractivity contribution in [2.75, 3.05) is 0 Å². The number of hydrogen-bond acceptors (Lipinski definition) is 1. The lowest BCUT2D eigenvalue weighted by Crippen LogP contribution is -2.33. The molecule has 0 heterocycles. The summed E-state index contributed by atoms with van der Waals surface area (Å²) in [6.07, 6.45) is 5.79. The monoisotopic (exact) mass is 301 g/mol. The Bertz CT molecular complexity index is 866. The number of fused-ring (bicyclic) bond motifs is 5. The summed E-state index contributed by atoms with van der Waals surface area (Å²) < 4.78 is 0. The van der Waals surface area contributed by atoms with Crippen molar-refractivity contribution in [2.24, 2.45) is 11.8 Å². The molecule has 3 atom stereocenters. The second kappa shape index (κ2) is 5.35. The molecular formula is C22H23N. The molecule has 0 aromatic heterocycles. The van der Waals surface area contributed by atoms with E-state index in [1.54, 1.807) is 0 Å². The lowest BCUT2D eigenvalue weighted by Gasteiger charge is -2.23. The maximum Gasteiger partial charge on any atom is 0.0214 e. The minimum Gasteiger partial charge on any atom is -0.310 e. The third kappa shape index (κ3) is 2.26. The van der Waals surface area contributed by atoms with Crippen LogP contribution in [0.5, 0.6) is 0 Å². The molecule has 116 valence electrons. The first kappa shape index (κ1) is 13.6. The van der Waals surface area contributed by atoms with Gasteiger partial charge in [-0.15, -0.1) is 0 Å². The van der Waals surface area contributed by atoms with Crippen LogP contribution in [0, 0.1) is 11.8 Å². The average Bonchev–Trinajstić information content (AvgIpc) is 3.23. The Morgan fingerprint density at radius 1 is 0.826 bits per heavy atom. The predicted octanol–water partition coefficient (Wildman–Crippen LogP) is 5.27. The molecule has 1 heteroatoms. The van der Waals surface area contributed by atoms with E-state index in [2.05, 4.69) is 59.9 Å². The summed E-state index contributed by atoms with van der Waals surface area (Å²) in [7, 11) is 0. The largest absolute Gasteiger partial charge is 0.310 e. The number of hydrogen-bond donors (Lipinski definition) is 1. The van der Waals surface area contributed by atoms with Gasteiger partial charge >= 0.3 is 0 Å². The molecule has 0 spiro atoms. The summed E-state index contributed by atoms with van der Waals surface area (Å²) in [5.41, 5.74) is 1.45. The van der Waals surface area contributed by atoms with Gasteiger partial charge in [0.05, 0.1) is 0 Å². The molecule has 1 nitrogen and oxygen atoms in total. The van der Waals surface area contributed by atoms with E-state index in [4.69, 9.17) is 0 Å². The quantitative estimate of drug-likeness (QED) is 0.650. The third-order valence-corrected chi connectivity index (χ3v) is 6.15. The fourth-order valence-electron chi connectivity index (χ4n) is 5.01. The summed E-state index contributed by atoms with van der Waals surface area (Å²) in [6.45, 7) is 0.999. The Morgan fingerprint density at radius 2 is 1.61 bits per heavy atom. The van der Waals surface area contributed by atoms with Gasteiger partial charge in [0.25, 0.3) is 0 Å². The van der Waals surface area contributed by atoms with Gasteiger partial charge in [-0.3, -0.25) is 0 Å². The van der Waals surface area contributed by atoms with Crippen LogP contribution in [0.15, 0.2) is 54.6 Å². The standard InChI is InChI=1S/C22H23N/c1-2-6-19-16(5-1)13-18(20-7-3-4-8-21(19)20)14-23-22-12-15-9-10-17(22)11-15/h1-8,13,15,17,22-23H,9-12,14H2. The summed E-state index contributed by atoms with van der Waals surface area (Å²) in [4.78, 5) is 0. The fraction of sp³-hybridized carbons (Fsp3) is 0.364. The zero-order valence-electron chi connectivity index (χ0n) is 13.5. The van der Waals surface area contributed by atoms with Gasteiger partial charge in [0.1, 0.15) is 0 Å². The molecule has 1 N–H and O–H groups in total. The molecule has 0 radical (unpaired) electrons. The normalized spacial score (nSPS) is 26.3. The topological polar surface area (TPSA) is 12.0 Å². The molecule has 0 saturated heterocycles. The summed E-state index contributed by atoms with van der Waals surface area (Å²) in [5.74, 6) is 1.94. The first-order valence-corrected chi connectivity index (χ1v) is 9.01. The van der Waals surface area contributed by atoms with Crippen molar-refractivity contribution in [3.63, 3.8) is 0 Å². The van der Waals surface area contributed by atoms with E-state index in [1.165, 1.54) is 52.8 Å². The molecule has 3 aromatic rings. The van der Waals surface area contributed by atoms with Crippen LogP contribution in [0.1, 0.15) is 31.2 Å². The maximum atomic E-state index is 3.89. The van der Waals surface area contributed by atoms with E-state index < -0.39 is 0 Å². The van der Waals surface area contributed by atoms with Crippen molar-refractivity contribution in [1.82, 2.24) is 5.32 Å². The van der Waals surface area contributed by atoms with E-state index in [-0.39, 0.29) is 0 Å². The highest BCUT2D eigenvalue weighted by Gasteiger charge is 2.38. The SMILES string of the molecule is c1ccc2c(c1)cc(CNC1CC3CCC1C3)c1ccccc12. The van der Waals surface area contributed by atoms with Crippen molar-refractivity contribution in [3.8, 4) is 0 Å². The van der Waals surface area contributed by atoms with Gasteiger partial charge in [-0.2, -0.15) is 0 Å². The van der Waals surface area contributed by atoms with E-state index in [9.17, 15) is 0 Å². The Morgan fingerprint density at radius 3 is 2.39 bits per heavy atom. The van der Waals surface area contributed by atoms with Gasteiger partial charge in [0.2, 0.25) is 0 Å². The van der Waals surface area contributed by atoms with Gasteiger partial charge < -0.3 is 5.32 Å². The molecule has 23 heavy (non-hydrogen) atoms.